The van der Waals surface area contributed by atoms with Gasteiger partial charge < -0.3 is 4.74 Å². The predicted molar refractivity (Wildman–Crippen MR) is 88.7 cm³/mol. The standard InChI is InChI=1S/C11H10F10O2.2C3H3F3/c1-2-3-4-6(22)23-7(8(13,14)5-12)9(15,16)10(17,18)11(19,20)21;2*1-2(4)3(5)6/h2,7H,1,3-5H2;2*3H,1H2. The zero-order chi connectivity index (χ0) is 29.0. The molecule has 0 aromatic carbocycles. The van der Waals surface area contributed by atoms with Crippen molar-refractivity contribution in [2.45, 2.75) is 55.7 Å². The molecule has 0 fully saturated rings. The second-order valence-electron chi connectivity index (χ2n) is 5.78. The van der Waals surface area contributed by atoms with E-state index in [1.807, 2.05) is 0 Å². The van der Waals surface area contributed by atoms with Gasteiger partial charge in [-0.1, -0.05) is 19.2 Å². The van der Waals surface area contributed by atoms with E-state index in [-0.39, 0.29) is 6.42 Å². The van der Waals surface area contributed by atoms with Crippen LogP contribution in [0.2, 0.25) is 0 Å². The monoisotopic (exact) mass is 556 g/mol. The van der Waals surface area contributed by atoms with Crippen LogP contribution in [0.25, 0.3) is 0 Å². The minimum atomic E-state index is -6.98. The van der Waals surface area contributed by atoms with Crippen LogP contribution < -0.4 is 0 Å². The molecule has 0 saturated heterocycles. The number of hydrogen-bond acceptors (Lipinski definition) is 2. The van der Waals surface area contributed by atoms with Crippen LogP contribution >= 0.6 is 0 Å². The van der Waals surface area contributed by atoms with Crippen LogP contribution in [0.15, 0.2) is 37.5 Å². The average molecular weight is 556 g/mol. The molecule has 0 aliphatic rings. The molecule has 208 valence electrons. The van der Waals surface area contributed by atoms with Gasteiger partial charge in [-0.25, -0.2) is 30.7 Å². The van der Waals surface area contributed by atoms with Crippen molar-refractivity contribution < 1.29 is 79.8 Å². The quantitative estimate of drug-likeness (QED) is 0.156. The lowest BCUT2D eigenvalue weighted by atomic mass is 9.99. The van der Waals surface area contributed by atoms with Gasteiger partial charge in [-0.2, -0.15) is 39.5 Å². The lowest BCUT2D eigenvalue weighted by Crippen LogP contribution is -2.64. The van der Waals surface area contributed by atoms with E-state index in [2.05, 4.69) is 24.5 Å². The Hall–Kier alpha value is -2.43. The summed E-state index contributed by atoms with van der Waals surface area (Å²) in [4.78, 5) is 11.0. The van der Waals surface area contributed by atoms with Crippen LogP contribution in [0.1, 0.15) is 12.8 Å². The number of rotatable bonds is 10. The van der Waals surface area contributed by atoms with E-state index in [0.29, 0.717) is 0 Å². The molecule has 1 atom stereocenters. The first-order chi connectivity index (χ1) is 15.4. The van der Waals surface area contributed by atoms with E-state index in [1.165, 1.54) is 0 Å². The maximum atomic E-state index is 13.3. The van der Waals surface area contributed by atoms with Crippen molar-refractivity contribution in [3.63, 3.8) is 0 Å². The molecule has 35 heavy (non-hydrogen) atoms. The van der Waals surface area contributed by atoms with Crippen LogP contribution in [0, 0.1) is 0 Å². The maximum absolute atomic E-state index is 13.3. The van der Waals surface area contributed by atoms with Gasteiger partial charge >= 0.3 is 29.9 Å². The van der Waals surface area contributed by atoms with Gasteiger partial charge in [0.1, 0.15) is 0 Å². The Morgan fingerprint density at radius 3 is 1.40 bits per heavy atom. The third kappa shape index (κ3) is 12.7. The largest absolute Gasteiger partial charge is 0.460 e. The molecule has 2 nitrogen and oxygen atoms in total. The molecular weight excluding hydrogens is 540 g/mol. The topological polar surface area (TPSA) is 26.3 Å². The summed E-state index contributed by atoms with van der Waals surface area (Å²) in [5, 5.41) is 0. The van der Waals surface area contributed by atoms with Gasteiger partial charge in [-0.05, 0) is 6.42 Å². The summed E-state index contributed by atoms with van der Waals surface area (Å²) in [5.41, 5.74) is 0. The number of allylic oxidation sites excluding steroid dienone is 3. The summed E-state index contributed by atoms with van der Waals surface area (Å²) in [6.07, 6.45) is -17.8. The molecule has 0 amide bonds. The molecule has 0 aliphatic heterocycles. The Morgan fingerprint density at radius 2 is 1.17 bits per heavy atom. The molecule has 0 saturated carbocycles. The third-order valence-electron chi connectivity index (χ3n) is 2.94. The predicted octanol–water partition coefficient (Wildman–Crippen LogP) is 7.77. The number of carbonyl (C=O) groups excluding carboxylic acids is 1. The molecule has 0 aromatic heterocycles. The van der Waals surface area contributed by atoms with Gasteiger partial charge in [-0.3, -0.25) is 4.79 Å². The highest BCUT2D eigenvalue weighted by atomic mass is 19.4. The third-order valence-corrected chi connectivity index (χ3v) is 2.94. The van der Waals surface area contributed by atoms with E-state index in [1.54, 1.807) is 0 Å². The van der Waals surface area contributed by atoms with E-state index >= 15 is 0 Å². The molecule has 18 heteroatoms. The summed E-state index contributed by atoms with van der Waals surface area (Å²) in [6, 6.07) is 0. The molecule has 0 bridgehead atoms. The van der Waals surface area contributed by atoms with Crippen molar-refractivity contribution in [3.8, 4) is 0 Å². The fourth-order valence-corrected chi connectivity index (χ4v) is 1.26. The zero-order valence-corrected chi connectivity index (χ0v) is 16.9. The minimum absolute atomic E-state index is 0.325. The van der Waals surface area contributed by atoms with Crippen LogP contribution in [-0.4, -0.2) is 55.5 Å². The van der Waals surface area contributed by atoms with Gasteiger partial charge in [0.05, 0.1) is 0 Å². The zero-order valence-electron chi connectivity index (χ0n) is 16.9. The van der Waals surface area contributed by atoms with Crippen molar-refractivity contribution in [3.05, 3.63) is 37.5 Å². The Labute approximate surface area is 186 Å². The highest BCUT2D eigenvalue weighted by molar-refractivity contribution is 5.70. The lowest BCUT2D eigenvalue weighted by Gasteiger charge is -2.36. The highest BCUT2D eigenvalue weighted by Gasteiger charge is 2.79. The minimum Gasteiger partial charge on any atom is -0.449 e. The molecule has 0 rings (SSSR count). The van der Waals surface area contributed by atoms with Crippen LogP contribution in [0.3, 0.4) is 0 Å². The average Bonchev–Trinajstić information content (AvgIpc) is 2.69. The second-order valence-corrected chi connectivity index (χ2v) is 5.78. The van der Waals surface area contributed by atoms with E-state index in [9.17, 15) is 75.0 Å². The lowest BCUT2D eigenvalue weighted by molar-refractivity contribution is -0.385. The molecule has 0 aliphatic carbocycles. The van der Waals surface area contributed by atoms with Crippen molar-refractivity contribution in [1.82, 2.24) is 0 Å². The van der Waals surface area contributed by atoms with Gasteiger partial charge in [0, 0.05) is 6.42 Å². The van der Waals surface area contributed by atoms with Gasteiger partial charge in [0.2, 0.25) is 6.10 Å². The molecule has 1 unspecified atom stereocenters. The molecule has 0 heterocycles. The summed E-state index contributed by atoms with van der Waals surface area (Å²) >= 11 is 0. The Bertz CT molecular complexity index is 666. The summed E-state index contributed by atoms with van der Waals surface area (Å²) in [5.74, 6) is -24.2. The van der Waals surface area contributed by atoms with Crippen molar-refractivity contribution in [1.29, 1.82) is 0 Å². The smallest absolute Gasteiger partial charge is 0.449 e. The SMILES string of the molecule is C=C(F)C(F)F.C=C(F)C(F)F.C=CCCC(=O)OC(C(F)(F)CF)C(F)(F)C(F)(F)C(F)(F)F. The highest BCUT2D eigenvalue weighted by Crippen LogP contribution is 2.51. The first-order valence-electron chi connectivity index (χ1n) is 8.25. The van der Waals surface area contributed by atoms with Crippen molar-refractivity contribution in [2.75, 3.05) is 6.67 Å². The van der Waals surface area contributed by atoms with Gasteiger partial charge in [-0.15, -0.1) is 6.58 Å². The van der Waals surface area contributed by atoms with E-state index < -0.39 is 73.6 Å². The van der Waals surface area contributed by atoms with Crippen LogP contribution in [0.4, 0.5) is 70.2 Å². The number of hydrogen-bond donors (Lipinski definition) is 0. The fourth-order valence-electron chi connectivity index (χ4n) is 1.26. The van der Waals surface area contributed by atoms with E-state index in [0.717, 1.165) is 6.08 Å². The first kappa shape index (κ1) is 37.1. The molecule has 0 aromatic rings. The summed E-state index contributed by atoms with van der Waals surface area (Å²) < 4.78 is 194. The van der Waals surface area contributed by atoms with Crippen LogP contribution in [0.5, 0.6) is 0 Å². The molecule has 0 spiro atoms. The van der Waals surface area contributed by atoms with Crippen molar-refractivity contribution >= 4 is 5.97 Å². The number of esters is 1. The molecular formula is C17H16F16O2. The Balaban J connectivity index is -0.000000697. The summed E-state index contributed by atoms with van der Waals surface area (Å²) in [6.45, 7) is 4.69. The first-order valence-corrected chi connectivity index (χ1v) is 8.25. The van der Waals surface area contributed by atoms with Crippen LogP contribution in [-0.2, 0) is 9.53 Å². The molecule has 0 N–H and O–H groups in total. The number of ether oxygens (including phenoxy) is 1. The van der Waals surface area contributed by atoms with E-state index in [4.69, 9.17) is 0 Å². The van der Waals surface area contributed by atoms with Gasteiger partial charge in [0.25, 0.3) is 12.9 Å². The number of carbonyl (C=O) groups is 1. The Kier molecular flexibility index (Phi) is 15.8. The fraction of sp³-hybridized carbons (Fsp3) is 0.588. The van der Waals surface area contributed by atoms with Gasteiger partial charge in [0.15, 0.2) is 18.3 Å². The summed E-state index contributed by atoms with van der Waals surface area (Å²) in [7, 11) is 0. The Morgan fingerprint density at radius 1 is 0.829 bits per heavy atom. The second kappa shape index (κ2) is 14.9. The molecule has 0 radical (unpaired) electrons. The number of alkyl halides is 14. The number of halogens is 16. The normalized spacial score (nSPS) is 13.2. The van der Waals surface area contributed by atoms with Crippen molar-refractivity contribution in [2.24, 2.45) is 0 Å². The maximum Gasteiger partial charge on any atom is 0.460 e.